The largest absolute Gasteiger partial charge is 0.332 e. The van der Waals surface area contributed by atoms with Crippen molar-refractivity contribution in [3.63, 3.8) is 0 Å². The molecule has 0 saturated carbocycles. The molecule has 162 valence electrons. The smallest absolute Gasteiger partial charge is 0.276 e. The third-order valence-electron chi connectivity index (χ3n) is 5.32. The molecule has 3 aromatic rings. The van der Waals surface area contributed by atoms with Crippen molar-refractivity contribution in [2.45, 2.75) is 46.0 Å². The van der Waals surface area contributed by atoms with Crippen molar-refractivity contribution in [2.24, 2.45) is 0 Å². The molecule has 8 heteroatoms. The lowest BCUT2D eigenvalue weighted by molar-refractivity contribution is 0.628. The van der Waals surface area contributed by atoms with Crippen LogP contribution in [0.3, 0.4) is 0 Å². The van der Waals surface area contributed by atoms with Crippen LogP contribution in [0, 0.1) is 6.92 Å². The molecule has 0 atom stereocenters. The highest BCUT2D eigenvalue weighted by molar-refractivity contribution is 8.23. The monoisotopic (exact) mass is 471 g/mol. The molecule has 0 radical (unpaired) electrons. The van der Waals surface area contributed by atoms with Gasteiger partial charge in [0.1, 0.15) is 0 Å². The number of nitrogens with one attached hydrogen (secondary N) is 2. The second-order valence-electron chi connectivity index (χ2n) is 7.57. The predicted molar refractivity (Wildman–Crippen MR) is 133 cm³/mol. The van der Waals surface area contributed by atoms with Crippen LogP contribution in [0.25, 0.3) is 11.3 Å². The van der Waals surface area contributed by atoms with Crippen LogP contribution in [0.4, 0.5) is 10.8 Å². The van der Waals surface area contributed by atoms with E-state index in [2.05, 4.69) is 35.8 Å². The maximum absolute atomic E-state index is 11.4. The van der Waals surface area contributed by atoms with Crippen LogP contribution in [0.5, 0.6) is 0 Å². The summed E-state index contributed by atoms with van der Waals surface area (Å²) in [6.45, 7) is 4.13. The topological polar surface area (TPSA) is 71.1 Å². The van der Waals surface area contributed by atoms with E-state index in [1.807, 2.05) is 31.2 Å². The summed E-state index contributed by atoms with van der Waals surface area (Å²) in [6.07, 6.45) is 5.67. The Morgan fingerprint density at radius 3 is 2.52 bits per heavy atom. The molecular weight excluding hydrogens is 446 g/mol. The molecule has 0 saturated heterocycles. The second-order valence-corrected chi connectivity index (χ2v) is 11.0. The maximum Gasteiger partial charge on any atom is 0.276 e. The molecule has 2 aromatic carbocycles. The van der Waals surface area contributed by atoms with Gasteiger partial charge in [-0.15, -0.1) is 11.3 Å². The Balaban J connectivity index is 1.64. The Kier molecular flexibility index (Phi) is 6.89. The van der Waals surface area contributed by atoms with Crippen LogP contribution < -0.4 is 10.6 Å². The van der Waals surface area contributed by atoms with E-state index in [0.717, 1.165) is 41.8 Å². The molecule has 1 aromatic heterocycles. The van der Waals surface area contributed by atoms with E-state index in [1.165, 1.54) is 28.8 Å². The molecule has 4 rings (SSSR count). The zero-order valence-electron chi connectivity index (χ0n) is 17.6. The third kappa shape index (κ3) is 5.44. The van der Waals surface area contributed by atoms with E-state index in [1.54, 1.807) is 11.3 Å². The SMILES string of the molecule is CCc1sc(NC(Nc2ccc(C)cc2)=S=S(=O)=O)nc1-c1ccc2c(c1)CCCC2. The summed E-state index contributed by atoms with van der Waals surface area (Å²) in [4.78, 5) is 6.02. The van der Waals surface area contributed by atoms with Gasteiger partial charge in [-0.1, -0.05) is 36.8 Å². The Hall–Kier alpha value is -2.42. The highest BCUT2D eigenvalue weighted by Crippen LogP contribution is 2.34. The minimum absolute atomic E-state index is 0.408. The van der Waals surface area contributed by atoms with Crippen molar-refractivity contribution in [1.29, 1.82) is 0 Å². The molecule has 1 heterocycles. The Morgan fingerprint density at radius 2 is 1.81 bits per heavy atom. The van der Waals surface area contributed by atoms with E-state index in [9.17, 15) is 8.42 Å². The summed E-state index contributed by atoms with van der Waals surface area (Å²) in [7, 11) is -1.60. The van der Waals surface area contributed by atoms with Gasteiger partial charge >= 0.3 is 0 Å². The molecule has 0 amide bonds. The van der Waals surface area contributed by atoms with Crippen LogP contribution in [-0.4, -0.2) is 18.5 Å². The van der Waals surface area contributed by atoms with E-state index < -0.39 is 9.26 Å². The summed E-state index contributed by atoms with van der Waals surface area (Å²) in [5, 5.41) is 7.42. The number of fused-ring (bicyclic) bond motifs is 1. The van der Waals surface area contributed by atoms with E-state index in [-0.39, 0.29) is 0 Å². The number of hydrogen-bond acceptors (Lipinski definition) is 4. The van der Waals surface area contributed by atoms with Gasteiger partial charge in [-0.2, -0.15) is 8.42 Å². The number of aryl methyl sites for hydroxylation is 4. The molecule has 5 nitrogen and oxygen atoms in total. The fourth-order valence-electron chi connectivity index (χ4n) is 3.76. The average Bonchev–Trinajstić information content (AvgIpc) is 3.17. The highest BCUT2D eigenvalue weighted by atomic mass is 32.8. The van der Waals surface area contributed by atoms with Crippen LogP contribution >= 0.6 is 11.3 Å². The van der Waals surface area contributed by atoms with Gasteiger partial charge in [-0.25, -0.2) is 4.98 Å². The van der Waals surface area contributed by atoms with E-state index >= 15 is 0 Å². The summed E-state index contributed by atoms with van der Waals surface area (Å²) >= 11 is 1.56. The summed E-state index contributed by atoms with van der Waals surface area (Å²) < 4.78 is 22.8. The van der Waals surface area contributed by atoms with Gasteiger partial charge in [-0.05, 0) is 68.4 Å². The minimum Gasteiger partial charge on any atom is -0.332 e. The molecule has 0 fully saturated rings. The average molecular weight is 472 g/mol. The lowest BCUT2D eigenvalue weighted by Gasteiger charge is -2.16. The van der Waals surface area contributed by atoms with Crippen LogP contribution in [0.2, 0.25) is 0 Å². The predicted octanol–water partition coefficient (Wildman–Crippen LogP) is 5.05. The lowest BCUT2D eigenvalue weighted by Crippen LogP contribution is -2.21. The van der Waals surface area contributed by atoms with Gasteiger partial charge in [0.15, 0.2) is 10.2 Å². The van der Waals surface area contributed by atoms with Crippen molar-refractivity contribution in [3.05, 3.63) is 64.0 Å². The van der Waals surface area contributed by atoms with Crippen LogP contribution in [-0.2, 0) is 38.4 Å². The first-order valence-corrected chi connectivity index (χ1v) is 13.6. The zero-order valence-corrected chi connectivity index (χ0v) is 20.0. The quantitative estimate of drug-likeness (QED) is 0.521. The molecule has 1 aliphatic rings. The molecule has 0 aliphatic heterocycles. The van der Waals surface area contributed by atoms with Crippen molar-refractivity contribution in [3.8, 4) is 11.3 Å². The normalized spacial score (nSPS) is 12.7. The molecule has 1 aliphatic carbocycles. The summed E-state index contributed by atoms with van der Waals surface area (Å²) in [5.74, 6) is 0. The first kappa shape index (κ1) is 21.8. The van der Waals surface area contributed by atoms with Crippen molar-refractivity contribution >= 4 is 46.4 Å². The van der Waals surface area contributed by atoms with Gasteiger partial charge in [0.2, 0.25) is 0 Å². The number of hydrogen-bond donors (Lipinski definition) is 2. The van der Waals surface area contributed by atoms with Crippen molar-refractivity contribution < 1.29 is 8.42 Å². The number of nitrogens with zero attached hydrogens (tertiary/aromatic N) is 1. The van der Waals surface area contributed by atoms with Gasteiger partial charge in [0, 0.05) is 26.0 Å². The lowest BCUT2D eigenvalue weighted by atomic mass is 9.90. The van der Waals surface area contributed by atoms with Crippen molar-refractivity contribution in [1.82, 2.24) is 4.98 Å². The van der Waals surface area contributed by atoms with Crippen molar-refractivity contribution in [2.75, 3.05) is 10.6 Å². The number of aromatic nitrogens is 1. The second kappa shape index (κ2) is 9.80. The molecule has 0 bridgehead atoms. The minimum atomic E-state index is -2.30. The van der Waals surface area contributed by atoms with Gasteiger partial charge in [0.05, 0.1) is 5.69 Å². The van der Waals surface area contributed by atoms with Gasteiger partial charge in [-0.3, -0.25) is 0 Å². The molecule has 0 spiro atoms. The maximum atomic E-state index is 11.4. The van der Waals surface area contributed by atoms with Crippen LogP contribution in [0.1, 0.15) is 41.3 Å². The van der Waals surface area contributed by atoms with Crippen LogP contribution in [0.15, 0.2) is 42.5 Å². The standard InChI is InChI=1S/C23H25N3O2S3/c1-3-20-21(18-11-10-16-6-4-5-7-17(16)14-18)25-22(29-20)26-23(30-31(27)28)24-19-12-8-15(2)9-13-19/h8-14,24H,3-7H2,1-2H3,(H,25,26). The summed E-state index contributed by atoms with van der Waals surface area (Å²) in [6, 6.07) is 14.5. The highest BCUT2D eigenvalue weighted by Gasteiger charge is 2.16. The molecule has 2 N–H and O–H groups in total. The fraction of sp³-hybridized carbons (Fsp3) is 0.304. The zero-order chi connectivity index (χ0) is 21.8. The van der Waals surface area contributed by atoms with E-state index in [0.29, 0.717) is 20.2 Å². The first-order chi connectivity index (χ1) is 15.0. The Morgan fingerprint density at radius 1 is 1.06 bits per heavy atom. The number of anilines is 2. The number of benzene rings is 2. The molecular formula is C23H25N3O2S3. The van der Waals surface area contributed by atoms with Gasteiger partial charge in [0.25, 0.3) is 9.26 Å². The number of thiazole rings is 1. The fourth-order valence-corrected chi connectivity index (χ4v) is 5.84. The number of rotatable bonds is 4. The molecule has 0 unspecified atom stereocenters. The Bertz CT molecular complexity index is 1260. The molecule has 31 heavy (non-hydrogen) atoms. The first-order valence-electron chi connectivity index (χ1n) is 10.4. The summed E-state index contributed by atoms with van der Waals surface area (Å²) in [5.41, 5.74) is 6.95. The Labute approximate surface area is 191 Å². The van der Waals surface area contributed by atoms with Gasteiger partial charge < -0.3 is 10.6 Å². The third-order valence-corrected chi connectivity index (χ3v) is 7.85. The van der Waals surface area contributed by atoms with E-state index in [4.69, 9.17) is 4.98 Å².